The van der Waals surface area contributed by atoms with Crippen LogP contribution in [0.1, 0.15) is 13.8 Å². The van der Waals surface area contributed by atoms with Crippen molar-refractivity contribution < 1.29 is 9.53 Å². The largest absolute Gasteiger partial charge is 0.450 e. The van der Waals surface area contributed by atoms with E-state index in [0.29, 0.717) is 13.2 Å². The lowest BCUT2D eigenvalue weighted by Gasteiger charge is -2.04. The predicted octanol–water partition coefficient (Wildman–Crippen LogP) is 0.892. The summed E-state index contributed by atoms with van der Waals surface area (Å²) in [5.74, 6) is -0.167. The number of alkyl carbamates (subject to hydrolysis) is 1. The van der Waals surface area contributed by atoms with E-state index in [9.17, 15) is 4.79 Å². The second-order valence-corrected chi connectivity index (χ2v) is 2.13. The number of ether oxygens (including phenoxy) is 1. The molecule has 1 unspecified atom stereocenters. The Balaban J connectivity index is 3.39. The molecule has 0 aromatic carbocycles. The second kappa shape index (κ2) is 5.54. The first-order valence-electron chi connectivity index (χ1n) is 3.51. The molecule has 0 aliphatic heterocycles. The first-order chi connectivity index (χ1) is 5.20. The topological polar surface area (TPSA) is 62.1 Å². The van der Waals surface area contributed by atoms with Crippen molar-refractivity contribution in [3.63, 3.8) is 0 Å². The smallest absolute Gasteiger partial charge is 0.407 e. The first kappa shape index (κ1) is 9.76. The molecule has 0 aliphatic carbocycles. The van der Waals surface area contributed by atoms with E-state index in [1.165, 1.54) is 0 Å². The van der Waals surface area contributed by atoms with Gasteiger partial charge < -0.3 is 10.1 Å². The zero-order valence-corrected chi connectivity index (χ0v) is 6.76. The Morgan fingerprint density at radius 3 is 2.91 bits per heavy atom. The van der Waals surface area contributed by atoms with Gasteiger partial charge in [-0.25, -0.2) is 4.79 Å². The zero-order valence-electron chi connectivity index (χ0n) is 6.76. The molecule has 0 aliphatic rings. The standard InChI is InChI=1S/C7H12N2O2/c1-3-11-7(10)9-5-6(2)4-8/h6H,3,5H2,1-2H3,(H,9,10). The molecule has 1 atom stereocenters. The van der Waals surface area contributed by atoms with Crippen LogP contribution < -0.4 is 5.32 Å². The van der Waals surface area contributed by atoms with Crippen LogP contribution in [0.3, 0.4) is 0 Å². The molecule has 1 N–H and O–H groups in total. The molecule has 0 saturated heterocycles. The lowest BCUT2D eigenvalue weighted by Crippen LogP contribution is -2.28. The lowest BCUT2D eigenvalue weighted by atomic mass is 10.2. The van der Waals surface area contributed by atoms with Crippen LogP contribution in [-0.4, -0.2) is 19.2 Å². The molecule has 11 heavy (non-hydrogen) atoms. The second-order valence-electron chi connectivity index (χ2n) is 2.13. The van der Waals surface area contributed by atoms with Gasteiger partial charge in [-0.2, -0.15) is 5.26 Å². The summed E-state index contributed by atoms with van der Waals surface area (Å²) in [4.78, 5) is 10.6. The summed E-state index contributed by atoms with van der Waals surface area (Å²) < 4.78 is 4.58. The van der Waals surface area contributed by atoms with Crippen LogP contribution in [0.2, 0.25) is 0 Å². The van der Waals surface area contributed by atoms with E-state index in [1.54, 1.807) is 13.8 Å². The predicted molar refractivity (Wildman–Crippen MR) is 39.8 cm³/mol. The van der Waals surface area contributed by atoms with Crippen molar-refractivity contribution in [3.8, 4) is 6.07 Å². The van der Waals surface area contributed by atoms with Crippen LogP contribution in [0.25, 0.3) is 0 Å². The number of nitrogens with one attached hydrogen (secondary N) is 1. The molecule has 0 bridgehead atoms. The Bertz CT molecular complexity index is 162. The molecule has 0 aromatic heterocycles. The summed E-state index contributed by atoms with van der Waals surface area (Å²) in [6.45, 7) is 4.15. The number of nitrogens with zero attached hydrogens (tertiary/aromatic N) is 1. The number of nitriles is 1. The van der Waals surface area contributed by atoms with Crippen molar-refractivity contribution in [2.24, 2.45) is 5.92 Å². The van der Waals surface area contributed by atoms with Crippen LogP contribution in [0.5, 0.6) is 0 Å². The fraction of sp³-hybridized carbons (Fsp3) is 0.714. The highest BCUT2D eigenvalue weighted by Crippen LogP contribution is 1.87. The molecule has 0 heterocycles. The number of rotatable bonds is 3. The molecule has 1 amide bonds. The van der Waals surface area contributed by atoms with E-state index in [1.807, 2.05) is 6.07 Å². The third-order valence-electron chi connectivity index (χ3n) is 1.05. The van der Waals surface area contributed by atoms with Gasteiger partial charge >= 0.3 is 6.09 Å². The summed E-state index contributed by atoms with van der Waals surface area (Å²) in [5, 5.41) is 10.8. The van der Waals surface area contributed by atoms with Crippen LogP contribution in [-0.2, 0) is 4.74 Å². The van der Waals surface area contributed by atoms with Gasteiger partial charge in [-0.3, -0.25) is 0 Å². The lowest BCUT2D eigenvalue weighted by molar-refractivity contribution is 0.151. The minimum atomic E-state index is -0.463. The molecule has 0 spiro atoms. The van der Waals surface area contributed by atoms with Crippen LogP contribution in [0, 0.1) is 17.2 Å². The van der Waals surface area contributed by atoms with Crippen molar-refractivity contribution in [2.75, 3.05) is 13.2 Å². The van der Waals surface area contributed by atoms with Gasteiger partial charge in [0.1, 0.15) is 0 Å². The highest BCUT2D eigenvalue weighted by molar-refractivity contribution is 5.67. The molecule has 0 rings (SSSR count). The van der Waals surface area contributed by atoms with Gasteiger partial charge in [0.2, 0.25) is 0 Å². The molecule has 0 aromatic rings. The molecular formula is C7H12N2O2. The summed E-state index contributed by atoms with van der Waals surface area (Å²) in [6.07, 6.45) is -0.463. The Hall–Kier alpha value is -1.24. The molecule has 0 fully saturated rings. The third kappa shape index (κ3) is 5.22. The van der Waals surface area contributed by atoms with E-state index in [4.69, 9.17) is 5.26 Å². The summed E-state index contributed by atoms with van der Waals surface area (Å²) in [6, 6.07) is 1.99. The summed E-state index contributed by atoms with van der Waals surface area (Å²) in [7, 11) is 0. The van der Waals surface area contributed by atoms with Crippen molar-refractivity contribution in [1.29, 1.82) is 5.26 Å². The van der Waals surface area contributed by atoms with Gasteiger partial charge in [0.05, 0.1) is 18.6 Å². The highest BCUT2D eigenvalue weighted by atomic mass is 16.5. The fourth-order valence-electron chi connectivity index (χ4n) is 0.464. The third-order valence-corrected chi connectivity index (χ3v) is 1.05. The van der Waals surface area contributed by atoms with Gasteiger partial charge in [0.15, 0.2) is 0 Å². The van der Waals surface area contributed by atoms with Gasteiger partial charge in [-0.05, 0) is 13.8 Å². The van der Waals surface area contributed by atoms with Crippen molar-refractivity contribution >= 4 is 6.09 Å². The normalized spacial score (nSPS) is 11.4. The number of hydrogen-bond donors (Lipinski definition) is 1. The maximum Gasteiger partial charge on any atom is 0.407 e. The Labute approximate surface area is 66.1 Å². The van der Waals surface area contributed by atoms with Crippen molar-refractivity contribution in [1.82, 2.24) is 5.32 Å². The Kier molecular flexibility index (Phi) is 4.91. The first-order valence-corrected chi connectivity index (χ1v) is 3.51. The maximum absolute atomic E-state index is 10.6. The van der Waals surface area contributed by atoms with Gasteiger partial charge in [0.25, 0.3) is 0 Å². The fourth-order valence-corrected chi connectivity index (χ4v) is 0.464. The van der Waals surface area contributed by atoms with Crippen LogP contribution >= 0.6 is 0 Å². The average Bonchev–Trinajstić information content (AvgIpc) is 2.01. The number of carbonyl (C=O) groups is 1. The van der Waals surface area contributed by atoms with E-state index < -0.39 is 6.09 Å². The number of carbonyl (C=O) groups excluding carboxylic acids is 1. The Morgan fingerprint density at radius 2 is 2.45 bits per heavy atom. The summed E-state index contributed by atoms with van der Waals surface area (Å²) >= 11 is 0. The molecule has 4 heteroatoms. The van der Waals surface area contributed by atoms with E-state index in [0.717, 1.165) is 0 Å². The SMILES string of the molecule is CCOC(=O)NCC(C)C#N. The Morgan fingerprint density at radius 1 is 1.82 bits per heavy atom. The van der Waals surface area contributed by atoms with Crippen molar-refractivity contribution in [2.45, 2.75) is 13.8 Å². The van der Waals surface area contributed by atoms with Gasteiger partial charge in [0, 0.05) is 6.54 Å². The monoisotopic (exact) mass is 156 g/mol. The number of amides is 1. The molecule has 62 valence electrons. The van der Waals surface area contributed by atoms with Crippen LogP contribution in [0.15, 0.2) is 0 Å². The van der Waals surface area contributed by atoms with E-state index in [2.05, 4.69) is 10.1 Å². The van der Waals surface area contributed by atoms with E-state index in [-0.39, 0.29) is 5.92 Å². The molecule has 0 radical (unpaired) electrons. The average molecular weight is 156 g/mol. The minimum absolute atomic E-state index is 0.167. The summed E-state index contributed by atoms with van der Waals surface area (Å²) in [5.41, 5.74) is 0. The zero-order chi connectivity index (χ0) is 8.69. The molecule has 4 nitrogen and oxygen atoms in total. The van der Waals surface area contributed by atoms with E-state index >= 15 is 0 Å². The highest BCUT2D eigenvalue weighted by Gasteiger charge is 2.02. The van der Waals surface area contributed by atoms with Gasteiger partial charge in [-0.1, -0.05) is 0 Å². The van der Waals surface area contributed by atoms with Gasteiger partial charge in [-0.15, -0.1) is 0 Å². The quantitative estimate of drug-likeness (QED) is 0.660. The maximum atomic E-state index is 10.6. The van der Waals surface area contributed by atoms with Crippen LogP contribution in [0.4, 0.5) is 4.79 Å². The number of hydrogen-bond acceptors (Lipinski definition) is 3. The molecule has 0 saturated carbocycles. The minimum Gasteiger partial charge on any atom is -0.450 e. The molecular weight excluding hydrogens is 144 g/mol. The van der Waals surface area contributed by atoms with Crippen molar-refractivity contribution in [3.05, 3.63) is 0 Å².